The van der Waals surface area contributed by atoms with Gasteiger partial charge in [-0.3, -0.25) is 9.59 Å². The van der Waals surface area contributed by atoms with Crippen LogP contribution in [0.1, 0.15) is 38.5 Å². The molecule has 6 nitrogen and oxygen atoms in total. The Labute approximate surface area is 143 Å². The summed E-state index contributed by atoms with van der Waals surface area (Å²) in [4.78, 5) is 29.9. The number of likely N-dealkylation sites (tertiary alicyclic amines) is 2. The molecule has 0 aromatic heterocycles. The smallest absolute Gasteiger partial charge is 0.231 e. The van der Waals surface area contributed by atoms with Gasteiger partial charge in [0, 0.05) is 40.0 Å². The second-order valence-corrected chi connectivity index (χ2v) is 7.80. The van der Waals surface area contributed by atoms with Crippen molar-refractivity contribution in [3.63, 3.8) is 0 Å². The van der Waals surface area contributed by atoms with Gasteiger partial charge in [0.05, 0.1) is 23.5 Å². The minimum atomic E-state index is -0.444. The fraction of sp³-hybridized carbons (Fsp3) is 0.889. The topological polar surface area (TPSA) is 59.1 Å². The molecule has 4 saturated heterocycles. The Morgan fingerprint density at radius 1 is 1.17 bits per heavy atom. The Hall–Kier alpha value is -1.14. The number of rotatable bonds is 2. The molecular formula is C18H28N2O4. The molecule has 0 spiro atoms. The maximum absolute atomic E-state index is 13.7. The number of amides is 2. The number of hydrogen-bond donors (Lipinski definition) is 0. The number of carbonyl (C=O) groups is 2. The number of nitrogens with zero attached hydrogens (tertiary/aromatic N) is 2. The van der Waals surface area contributed by atoms with Crippen molar-refractivity contribution >= 4 is 11.8 Å². The zero-order valence-electron chi connectivity index (χ0n) is 14.5. The second-order valence-electron chi connectivity index (χ2n) is 7.80. The van der Waals surface area contributed by atoms with Crippen LogP contribution in [0.4, 0.5) is 0 Å². The molecule has 3 atom stereocenters. The molecule has 0 N–H and O–H groups in total. The molecular weight excluding hydrogens is 308 g/mol. The number of carbonyl (C=O) groups excluding carboxylic acids is 2. The van der Waals surface area contributed by atoms with Gasteiger partial charge in [0.25, 0.3) is 0 Å². The normalized spacial score (nSPS) is 36.0. The first kappa shape index (κ1) is 16.3. The molecule has 0 aliphatic carbocycles. The van der Waals surface area contributed by atoms with Gasteiger partial charge >= 0.3 is 0 Å². The first-order valence-electron chi connectivity index (χ1n) is 9.39. The predicted molar refractivity (Wildman–Crippen MR) is 87.3 cm³/mol. The monoisotopic (exact) mass is 336 g/mol. The first-order chi connectivity index (χ1) is 11.6. The molecule has 24 heavy (non-hydrogen) atoms. The van der Waals surface area contributed by atoms with Crippen molar-refractivity contribution in [1.29, 1.82) is 0 Å². The molecule has 2 amide bonds. The molecule has 0 saturated carbocycles. The van der Waals surface area contributed by atoms with Gasteiger partial charge in [-0.1, -0.05) is 0 Å². The SMILES string of the molecule is CN1C[C@@H]2[C@@H](CCCN2C(=O)C2(C3CCCO3)CCOCC2)C1=O. The average molecular weight is 336 g/mol. The zero-order chi connectivity index (χ0) is 16.7. The lowest BCUT2D eigenvalue weighted by atomic mass is 9.72. The molecule has 1 unspecified atom stereocenters. The van der Waals surface area contributed by atoms with E-state index >= 15 is 0 Å². The highest BCUT2D eigenvalue weighted by Gasteiger charge is 2.54. The molecule has 4 aliphatic rings. The highest BCUT2D eigenvalue weighted by Crippen LogP contribution is 2.44. The zero-order valence-corrected chi connectivity index (χ0v) is 14.5. The van der Waals surface area contributed by atoms with E-state index in [0.29, 0.717) is 19.8 Å². The van der Waals surface area contributed by atoms with E-state index in [1.165, 1.54) is 0 Å². The molecule has 0 bridgehead atoms. The third-order valence-electron chi connectivity index (χ3n) is 6.55. The summed E-state index contributed by atoms with van der Waals surface area (Å²) in [6.45, 7) is 3.47. The molecule has 6 heteroatoms. The molecule has 4 heterocycles. The Kier molecular flexibility index (Phi) is 4.29. The van der Waals surface area contributed by atoms with Crippen LogP contribution in [0.15, 0.2) is 0 Å². The first-order valence-corrected chi connectivity index (χ1v) is 9.39. The van der Waals surface area contributed by atoms with E-state index in [-0.39, 0.29) is 29.9 Å². The van der Waals surface area contributed by atoms with E-state index in [1.807, 2.05) is 11.9 Å². The van der Waals surface area contributed by atoms with Gasteiger partial charge in [-0.05, 0) is 38.5 Å². The van der Waals surface area contributed by atoms with E-state index in [4.69, 9.17) is 9.47 Å². The number of piperidine rings is 1. The number of likely N-dealkylation sites (N-methyl/N-ethyl adjacent to an activating group) is 1. The van der Waals surface area contributed by atoms with Gasteiger partial charge in [-0.25, -0.2) is 0 Å². The van der Waals surface area contributed by atoms with Crippen LogP contribution < -0.4 is 0 Å². The van der Waals surface area contributed by atoms with Gasteiger partial charge < -0.3 is 19.3 Å². The fourth-order valence-corrected chi connectivity index (χ4v) is 5.19. The van der Waals surface area contributed by atoms with Crippen LogP contribution in [0, 0.1) is 11.3 Å². The molecule has 4 fully saturated rings. The Balaban J connectivity index is 1.61. The van der Waals surface area contributed by atoms with Crippen molar-refractivity contribution in [2.24, 2.45) is 11.3 Å². The van der Waals surface area contributed by atoms with Crippen molar-refractivity contribution < 1.29 is 19.1 Å². The lowest BCUT2D eigenvalue weighted by molar-refractivity contribution is -0.164. The second kappa shape index (κ2) is 6.30. The summed E-state index contributed by atoms with van der Waals surface area (Å²) in [5.41, 5.74) is -0.444. The van der Waals surface area contributed by atoms with E-state index in [0.717, 1.165) is 51.7 Å². The standard InChI is InChI=1S/C18H28N2O4/c1-19-12-14-13(16(19)21)4-2-8-20(14)17(22)18(6-10-23-11-7-18)15-5-3-9-24-15/h13-15H,2-12H2,1H3/t13-,14-,15?/m1/s1. The fourth-order valence-electron chi connectivity index (χ4n) is 5.19. The molecule has 0 aromatic rings. The highest BCUT2D eigenvalue weighted by atomic mass is 16.5. The molecule has 4 rings (SSSR count). The van der Waals surface area contributed by atoms with Gasteiger partial charge in [-0.2, -0.15) is 0 Å². The molecule has 134 valence electrons. The van der Waals surface area contributed by atoms with Crippen LogP contribution in [0.3, 0.4) is 0 Å². The Bertz CT molecular complexity index is 511. The van der Waals surface area contributed by atoms with Crippen LogP contribution in [0.2, 0.25) is 0 Å². The van der Waals surface area contributed by atoms with E-state index < -0.39 is 5.41 Å². The number of fused-ring (bicyclic) bond motifs is 1. The maximum atomic E-state index is 13.7. The summed E-state index contributed by atoms with van der Waals surface area (Å²) in [5.74, 6) is 0.417. The summed E-state index contributed by atoms with van der Waals surface area (Å²) in [6.07, 6.45) is 5.34. The van der Waals surface area contributed by atoms with Crippen LogP contribution >= 0.6 is 0 Å². The molecule has 0 radical (unpaired) electrons. The predicted octanol–water partition coefficient (Wildman–Crippen LogP) is 1.04. The summed E-state index contributed by atoms with van der Waals surface area (Å²) in [7, 11) is 1.85. The highest BCUT2D eigenvalue weighted by molar-refractivity contribution is 5.87. The summed E-state index contributed by atoms with van der Waals surface area (Å²) < 4.78 is 11.5. The summed E-state index contributed by atoms with van der Waals surface area (Å²) in [5, 5.41) is 0. The van der Waals surface area contributed by atoms with Gasteiger partial charge in [0.15, 0.2) is 0 Å². The van der Waals surface area contributed by atoms with E-state index in [9.17, 15) is 9.59 Å². The van der Waals surface area contributed by atoms with Crippen molar-refractivity contribution in [2.45, 2.75) is 50.7 Å². The minimum Gasteiger partial charge on any atom is -0.381 e. The van der Waals surface area contributed by atoms with Gasteiger partial charge in [0.1, 0.15) is 0 Å². The Morgan fingerprint density at radius 2 is 1.96 bits per heavy atom. The summed E-state index contributed by atoms with van der Waals surface area (Å²) in [6, 6.07) is 0.0462. The van der Waals surface area contributed by atoms with Crippen LogP contribution in [0.5, 0.6) is 0 Å². The third-order valence-corrected chi connectivity index (χ3v) is 6.55. The third kappa shape index (κ3) is 2.46. The lowest BCUT2D eigenvalue weighted by Crippen LogP contribution is -2.58. The van der Waals surface area contributed by atoms with Crippen molar-refractivity contribution in [3.05, 3.63) is 0 Å². The summed E-state index contributed by atoms with van der Waals surface area (Å²) >= 11 is 0. The van der Waals surface area contributed by atoms with Crippen LogP contribution in [0.25, 0.3) is 0 Å². The Morgan fingerprint density at radius 3 is 2.67 bits per heavy atom. The van der Waals surface area contributed by atoms with Crippen LogP contribution in [-0.4, -0.2) is 73.7 Å². The van der Waals surface area contributed by atoms with Gasteiger partial charge in [-0.15, -0.1) is 0 Å². The largest absolute Gasteiger partial charge is 0.381 e. The van der Waals surface area contributed by atoms with Crippen molar-refractivity contribution in [2.75, 3.05) is 40.0 Å². The average Bonchev–Trinajstić information content (AvgIpc) is 3.25. The van der Waals surface area contributed by atoms with Crippen molar-refractivity contribution in [3.8, 4) is 0 Å². The van der Waals surface area contributed by atoms with Gasteiger partial charge in [0.2, 0.25) is 11.8 Å². The van der Waals surface area contributed by atoms with Crippen molar-refractivity contribution in [1.82, 2.24) is 9.80 Å². The maximum Gasteiger partial charge on any atom is 0.231 e. The molecule has 0 aromatic carbocycles. The van der Waals surface area contributed by atoms with E-state index in [2.05, 4.69) is 0 Å². The van der Waals surface area contributed by atoms with E-state index in [1.54, 1.807) is 4.90 Å². The minimum absolute atomic E-state index is 0.00548. The molecule has 4 aliphatic heterocycles. The lowest BCUT2D eigenvalue weighted by Gasteiger charge is -2.46. The quantitative estimate of drug-likeness (QED) is 0.756. The van der Waals surface area contributed by atoms with Crippen LogP contribution in [-0.2, 0) is 19.1 Å². The number of hydrogen-bond acceptors (Lipinski definition) is 4. The number of ether oxygens (including phenoxy) is 2.